The van der Waals surface area contributed by atoms with E-state index in [0.717, 1.165) is 18.6 Å². The lowest BCUT2D eigenvalue weighted by atomic mass is 10.0. The van der Waals surface area contributed by atoms with E-state index in [1.54, 1.807) is 7.11 Å². The van der Waals surface area contributed by atoms with Gasteiger partial charge in [-0.15, -0.1) is 0 Å². The molecule has 0 saturated carbocycles. The van der Waals surface area contributed by atoms with E-state index in [0.29, 0.717) is 12.1 Å². The molecule has 0 bridgehead atoms. The van der Waals surface area contributed by atoms with E-state index in [-0.39, 0.29) is 0 Å². The third kappa shape index (κ3) is 2.48. The van der Waals surface area contributed by atoms with Crippen molar-refractivity contribution in [3.8, 4) is 0 Å². The summed E-state index contributed by atoms with van der Waals surface area (Å²) in [5, 5.41) is 0. The summed E-state index contributed by atoms with van der Waals surface area (Å²) >= 11 is 0. The minimum absolute atomic E-state index is 0.644. The molecule has 0 aromatic carbocycles. The van der Waals surface area contributed by atoms with Crippen LogP contribution in [0.4, 0.5) is 0 Å². The first-order chi connectivity index (χ1) is 6.57. The largest absolute Gasteiger partial charge is 0.383 e. The quantitative estimate of drug-likeness (QED) is 0.690. The van der Waals surface area contributed by atoms with Crippen molar-refractivity contribution in [3.63, 3.8) is 0 Å². The zero-order chi connectivity index (χ0) is 10.7. The molecule has 1 unspecified atom stereocenters. The average Bonchev–Trinajstić information content (AvgIpc) is 2.48. The van der Waals surface area contributed by atoms with E-state index in [1.807, 2.05) is 0 Å². The normalized spacial score (nSPS) is 29.4. The Bertz CT molecular complexity index is 168. The van der Waals surface area contributed by atoms with Crippen LogP contribution in [0.1, 0.15) is 40.5 Å². The highest BCUT2D eigenvalue weighted by atomic mass is 16.5. The maximum atomic E-state index is 5.29. The molecule has 1 aliphatic rings. The van der Waals surface area contributed by atoms with Gasteiger partial charge in [-0.25, -0.2) is 0 Å². The molecular formula is C12H25NO. The Hall–Kier alpha value is -0.0800. The van der Waals surface area contributed by atoms with Gasteiger partial charge in [0, 0.05) is 25.2 Å². The second-order valence-corrected chi connectivity index (χ2v) is 5.04. The second kappa shape index (κ2) is 5.13. The molecule has 84 valence electrons. The number of hydrogen-bond donors (Lipinski definition) is 0. The van der Waals surface area contributed by atoms with Gasteiger partial charge in [0.15, 0.2) is 0 Å². The van der Waals surface area contributed by atoms with Crippen molar-refractivity contribution < 1.29 is 4.74 Å². The van der Waals surface area contributed by atoms with Crippen molar-refractivity contribution in [1.29, 1.82) is 0 Å². The van der Waals surface area contributed by atoms with Gasteiger partial charge >= 0.3 is 0 Å². The lowest BCUT2D eigenvalue weighted by molar-refractivity contribution is 0.0622. The van der Waals surface area contributed by atoms with Crippen LogP contribution in [0.15, 0.2) is 0 Å². The first kappa shape index (κ1) is 12.0. The lowest BCUT2D eigenvalue weighted by Crippen LogP contribution is -2.45. The SMILES string of the molecule is COCC1CC[C@@H](C(C)C)N1C(C)C. The van der Waals surface area contributed by atoms with Gasteiger partial charge in [0.2, 0.25) is 0 Å². The van der Waals surface area contributed by atoms with E-state index >= 15 is 0 Å². The van der Waals surface area contributed by atoms with Crippen LogP contribution in [0.5, 0.6) is 0 Å². The summed E-state index contributed by atoms with van der Waals surface area (Å²) in [6.07, 6.45) is 2.64. The molecule has 14 heavy (non-hydrogen) atoms. The van der Waals surface area contributed by atoms with Gasteiger partial charge in [-0.3, -0.25) is 4.90 Å². The number of likely N-dealkylation sites (tertiary alicyclic amines) is 1. The summed E-state index contributed by atoms with van der Waals surface area (Å²) in [6, 6.07) is 2.05. The third-order valence-electron chi connectivity index (χ3n) is 3.33. The van der Waals surface area contributed by atoms with Crippen molar-refractivity contribution in [3.05, 3.63) is 0 Å². The Kier molecular flexibility index (Phi) is 4.39. The van der Waals surface area contributed by atoms with Crippen molar-refractivity contribution in [2.45, 2.75) is 58.7 Å². The maximum Gasteiger partial charge on any atom is 0.0618 e. The number of hydrogen-bond acceptors (Lipinski definition) is 2. The summed E-state index contributed by atoms with van der Waals surface area (Å²) in [5.74, 6) is 0.763. The highest BCUT2D eigenvalue weighted by molar-refractivity contribution is 4.90. The highest BCUT2D eigenvalue weighted by Gasteiger charge is 2.36. The fourth-order valence-electron chi connectivity index (χ4n) is 2.78. The number of rotatable bonds is 4. The zero-order valence-corrected chi connectivity index (χ0v) is 10.3. The molecule has 0 aliphatic carbocycles. The first-order valence-electron chi connectivity index (χ1n) is 5.84. The monoisotopic (exact) mass is 199 g/mol. The van der Waals surface area contributed by atoms with Gasteiger partial charge in [0.25, 0.3) is 0 Å². The van der Waals surface area contributed by atoms with Gasteiger partial charge in [0.05, 0.1) is 6.61 Å². The Morgan fingerprint density at radius 1 is 1.21 bits per heavy atom. The minimum Gasteiger partial charge on any atom is -0.383 e. The van der Waals surface area contributed by atoms with Crippen LogP contribution >= 0.6 is 0 Å². The van der Waals surface area contributed by atoms with Crippen molar-refractivity contribution in [2.75, 3.05) is 13.7 Å². The standard InChI is InChI=1S/C12H25NO/c1-9(2)12-7-6-11(8-14-5)13(12)10(3)4/h9-12H,6-8H2,1-5H3/t11?,12-/m0/s1. The minimum atomic E-state index is 0.644. The van der Waals surface area contributed by atoms with Crippen LogP contribution in [-0.4, -0.2) is 36.7 Å². The van der Waals surface area contributed by atoms with Crippen molar-refractivity contribution >= 4 is 0 Å². The van der Waals surface area contributed by atoms with Crippen LogP contribution in [0.25, 0.3) is 0 Å². The van der Waals surface area contributed by atoms with Crippen LogP contribution in [0.3, 0.4) is 0 Å². The summed E-state index contributed by atoms with van der Waals surface area (Å²) in [4.78, 5) is 2.65. The average molecular weight is 199 g/mol. The topological polar surface area (TPSA) is 12.5 Å². The first-order valence-corrected chi connectivity index (χ1v) is 5.84. The number of ether oxygens (including phenoxy) is 1. The molecule has 1 fully saturated rings. The second-order valence-electron chi connectivity index (χ2n) is 5.04. The Balaban J connectivity index is 2.64. The molecule has 2 nitrogen and oxygen atoms in total. The van der Waals surface area contributed by atoms with Crippen molar-refractivity contribution in [1.82, 2.24) is 4.90 Å². The maximum absolute atomic E-state index is 5.29. The van der Waals surface area contributed by atoms with Crippen LogP contribution in [-0.2, 0) is 4.74 Å². The molecule has 1 saturated heterocycles. The van der Waals surface area contributed by atoms with E-state index in [4.69, 9.17) is 4.74 Å². The van der Waals surface area contributed by atoms with Gasteiger partial charge in [-0.05, 0) is 32.6 Å². The molecule has 0 spiro atoms. The fourth-order valence-corrected chi connectivity index (χ4v) is 2.78. The zero-order valence-electron chi connectivity index (χ0n) is 10.3. The van der Waals surface area contributed by atoms with E-state index in [2.05, 4.69) is 32.6 Å². The Morgan fingerprint density at radius 2 is 1.86 bits per heavy atom. The smallest absolute Gasteiger partial charge is 0.0618 e. The fraction of sp³-hybridized carbons (Fsp3) is 1.00. The molecule has 0 N–H and O–H groups in total. The molecular weight excluding hydrogens is 174 g/mol. The summed E-state index contributed by atoms with van der Waals surface area (Å²) < 4.78 is 5.29. The van der Waals surface area contributed by atoms with Crippen LogP contribution in [0.2, 0.25) is 0 Å². The molecule has 2 heteroatoms. The summed E-state index contributed by atoms with van der Waals surface area (Å²) in [7, 11) is 1.81. The molecule has 1 rings (SSSR count). The molecule has 0 aromatic heterocycles. The summed E-state index contributed by atoms with van der Waals surface area (Å²) in [6.45, 7) is 10.1. The van der Waals surface area contributed by atoms with E-state index in [1.165, 1.54) is 12.8 Å². The van der Waals surface area contributed by atoms with Gasteiger partial charge < -0.3 is 4.74 Å². The molecule has 0 radical (unpaired) electrons. The predicted octanol–water partition coefficient (Wildman–Crippen LogP) is 2.53. The summed E-state index contributed by atoms with van der Waals surface area (Å²) in [5.41, 5.74) is 0. The predicted molar refractivity (Wildman–Crippen MR) is 60.5 cm³/mol. The van der Waals surface area contributed by atoms with E-state index < -0.39 is 0 Å². The molecule has 0 amide bonds. The molecule has 0 aromatic rings. The van der Waals surface area contributed by atoms with Gasteiger partial charge in [-0.1, -0.05) is 13.8 Å². The van der Waals surface area contributed by atoms with Gasteiger partial charge in [-0.2, -0.15) is 0 Å². The van der Waals surface area contributed by atoms with E-state index in [9.17, 15) is 0 Å². The number of methoxy groups -OCH3 is 1. The number of nitrogens with zero attached hydrogens (tertiary/aromatic N) is 1. The Labute approximate surface area is 88.6 Å². The van der Waals surface area contributed by atoms with Gasteiger partial charge in [0.1, 0.15) is 0 Å². The van der Waals surface area contributed by atoms with Crippen molar-refractivity contribution in [2.24, 2.45) is 5.92 Å². The van der Waals surface area contributed by atoms with Crippen LogP contribution < -0.4 is 0 Å². The molecule has 1 aliphatic heterocycles. The molecule has 1 heterocycles. The molecule has 2 atom stereocenters. The lowest BCUT2D eigenvalue weighted by Gasteiger charge is -2.35. The third-order valence-corrected chi connectivity index (χ3v) is 3.33. The highest BCUT2D eigenvalue weighted by Crippen LogP contribution is 2.30. The van der Waals surface area contributed by atoms with Crippen LogP contribution in [0, 0.1) is 5.92 Å². The Morgan fingerprint density at radius 3 is 2.29 bits per heavy atom.